The number of hydrogen-bond acceptors (Lipinski definition) is 5. The molecule has 0 spiro atoms. The number of hydrogen-bond donors (Lipinski definition) is 0. The normalized spacial score (nSPS) is 22.6. The lowest BCUT2D eigenvalue weighted by molar-refractivity contribution is -0.170. The molecule has 0 N–H and O–H groups in total. The molecule has 3 heterocycles. The van der Waals surface area contributed by atoms with E-state index in [4.69, 9.17) is 4.74 Å². The fourth-order valence-electron chi connectivity index (χ4n) is 3.43. The number of piperidine rings is 1. The van der Waals surface area contributed by atoms with Crippen LogP contribution in [-0.4, -0.2) is 60.0 Å². The summed E-state index contributed by atoms with van der Waals surface area (Å²) in [4.78, 5) is 29.2. The van der Waals surface area contributed by atoms with Gasteiger partial charge in [0.1, 0.15) is 0 Å². The molecular formula is C18H28N4O3. The first-order valence-corrected chi connectivity index (χ1v) is 9.01. The quantitative estimate of drug-likeness (QED) is 0.820. The Bertz CT molecular complexity index is 696. The summed E-state index contributed by atoms with van der Waals surface area (Å²) in [5.41, 5.74) is 0.311. The number of carbonyl (C=O) groups excluding carboxylic acids is 1. The van der Waals surface area contributed by atoms with Gasteiger partial charge in [-0.15, -0.1) is 0 Å². The number of ether oxygens (including phenoxy) is 1. The standard InChI is InChI=1S/C18H28N4O3/c1-13(2)20(4)15-8-16(23)22(19-9-15)14-6-5-7-21(10-14)17(24)18(3)11-25-12-18/h8-9,13-14H,5-7,10-12H2,1-4H3. The summed E-state index contributed by atoms with van der Waals surface area (Å²) in [6, 6.07) is 1.87. The minimum absolute atomic E-state index is 0.0619. The Hall–Kier alpha value is -1.89. The molecule has 0 bridgehead atoms. The van der Waals surface area contributed by atoms with Gasteiger partial charge in [-0.2, -0.15) is 5.10 Å². The van der Waals surface area contributed by atoms with Crippen LogP contribution in [0.15, 0.2) is 17.1 Å². The van der Waals surface area contributed by atoms with E-state index in [9.17, 15) is 9.59 Å². The molecule has 0 aromatic carbocycles. The Labute approximate surface area is 148 Å². The maximum atomic E-state index is 12.7. The van der Waals surface area contributed by atoms with E-state index in [2.05, 4.69) is 18.9 Å². The number of likely N-dealkylation sites (tertiary alicyclic amines) is 1. The van der Waals surface area contributed by atoms with Crippen LogP contribution in [-0.2, 0) is 9.53 Å². The van der Waals surface area contributed by atoms with E-state index in [1.165, 1.54) is 4.68 Å². The molecule has 0 saturated carbocycles. The number of aromatic nitrogens is 2. The predicted molar refractivity (Wildman–Crippen MR) is 95.8 cm³/mol. The molecule has 7 nitrogen and oxygen atoms in total. The van der Waals surface area contributed by atoms with E-state index in [0.717, 1.165) is 25.1 Å². The highest BCUT2D eigenvalue weighted by Crippen LogP contribution is 2.31. The van der Waals surface area contributed by atoms with Crippen LogP contribution >= 0.6 is 0 Å². The summed E-state index contributed by atoms with van der Waals surface area (Å²) < 4.78 is 6.75. The number of anilines is 1. The van der Waals surface area contributed by atoms with Crippen LogP contribution in [0.5, 0.6) is 0 Å². The van der Waals surface area contributed by atoms with Crippen molar-refractivity contribution in [1.29, 1.82) is 0 Å². The zero-order chi connectivity index (χ0) is 18.2. The molecule has 1 amide bonds. The van der Waals surface area contributed by atoms with Crippen molar-refractivity contribution in [1.82, 2.24) is 14.7 Å². The Morgan fingerprint density at radius 1 is 1.44 bits per heavy atom. The summed E-state index contributed by atoms with van der Waals surface area (Å²) in [6.07, 6.45) is 3.49. The summed E-state index contributed by atoms with van der Waals surface area (Å²) in [5, 5.41) is 4.40. The molecule has 138 valence electrons. The summed E-state index contributed by atoms with van der Waals surface area (Å²) >= 11 is 0. The maximum Gasteiger partial charge on any atom is 0.269 e. The van der Waals surface area contributed by atoms with Gasteiger partial charge in [0.05, 0.1) is 36.6 Å². The molecule has 1 aromatic heterocycles. The molecular weight excluding hydrogens is 320 g/mol. The molecule has 1 unspecified atom stereocenters. The van der Waals surface area contributed by atoms with Gasteiger partial charge in [0.25, 0.3) is 5.56 Å². The average Bonchev–Trinajstić information content (AvgIpc) is 2.58. The topological polar surface area (TPSA) is 67.7 Å². The van der Waals surface area contributed by atoms with Crippen molar-refractivity contribution in [2.75, 3.05) is 38.3 Å². The molecule has 0 aliphatic carbocycles. The van der Waals surface area contributed by atoms with Crippen molar-refractivity contribution in [3.8, 4) is 0 Å². The number of rotatable bonds is 4. The first kappa shape index (κ1) is 17.9. The van der Waals surface area contributed by atoms with Crippen LogP contribution in [0.25, 0.3) is 0 Å². The van der Waals surface area contributed by atoms with Crippen molar-refractivity contribution in [3.05, 3.63) is 22.6 Å². The van der Waals surface area contributed by atoms with Crippen molar-refractivity contribution < 1.29 is 9.53 Å². The highest BCUT2D eigenvalue weighted by molar-refractivity contribution is 5.83. The third kappa shape index (κ3) is 3.42. The Balaban J connectivity index is 1.75. The lowest BCUT2D eigenvalue weighted by Crippen LogP contribution is -2.55. The molecule has 3 rings (SSSR count). The fourth-order valence-corrected chi connectivity index (χ4v) is 3.43. The minimum Gasteiger partial charge on any atom is -0.379 e. The molecule has 2 saturated heterocycles. The van der Waals surface area contributed by atoms with Crippen molar-refractivity contribution >= 4 is 11.6 Å². The lowest BCUT2D eigenvalue weighted by atomic mass is 9.86. The first-order chi connectivity index (χ1) is 11.8. The van der Waals surface area contributed by atoms with Crippen LogP contribution in [0.3, 0.4) is 0 Å². The molecule has 7 heteroatoms. The van der Waals surface area contributed by atoms with E-state index >= 15 is 0 Å². The van der Waals surface area contributed by atoms with E-state index in [0.29, 0.717) is 25.8 Å². The molecule has 25 heavy (non-hydrogen) atoms. The number of carbonyl (C=O) groups is 1. The predicted octanol–water partition coefficient (Wildman–Crippen LogP) is 1.29. The van der Waals surface area contributed by atoms with Gasteiger partial charge >= 0.3 is 0 Å². The van der Waals surface area contributed by atoms with Crippen LogP contribution < -0.4 is 10.5 Å². The monoisotopic (exact) mass is 348 g/mol. The third-order valence-corrected chi connectivity index (χ3v) is 5.38. The van der Waals surface area contributed by atoms with Crippen LogP contribution in [0.2, 0.25) is 0 Å². The van der Waals surface area contributed by atoms with Gasteiger partial charge in [-0.3, -0.25) is 9.59 Å². The summed E-state index contributed by atoms with van der Waals surface area (Å²) in [5.74, 6) is 0.132. The van der Waals surface area contributed by atoms with Crippen LogP contribution in [0, 0.1) is 5.41 Å². The lowest BCUT2D eigenvalue weighted by Gasteiger charge is -2.43. The van der Waals surface area contributed by atoms with Crippen molar-refractivity contribution in [2.45, 2.75) is 45.7 Å². The molecule has 2 aliphatic heterocycles. The fraction of sp³-hybridized carbons (Fsp3) is 0.722. The van der Waals surface area contributed by atoms with E-state index < -0.39 is 5.41 Å². The number of nitrogens with zero attached hydrogens (tertiary/aromatic N) is 4. The molecule has 1 atom stereocenters. The third-order valence-electron chi connectivity index (χ3n) is 5.38. The van der Waals surface area contributed by atoms with E-state index in [-0.39, 0.29) is 17.5 Å². The van der Waals surface area contributed by atoms with Crippen molar-refractivity contribution in [2.24, 2.45) is 5.41 Å². The van der Waals surface area contributed by atoms with E-state index in [1.807, 2.05) is 23.8 Å². The second-order valence-corrected chi connectivity index (χ2v) is 7.80. The molecule has 2 aliphatic rings. The van der Waals surface area contributed by atoms with Gasteiger partial charge in [-0.05, 0) is 33.6 Å². The van der Waals surface area contributed by atoms with Crippen LogP contribution in [0.4, 0.5) is 5.69 Å². The molecule has 1 aromatic rings. The van der Waals surface area contributed by atoms with Crippen LogP contribution in [0.1, 0.15) is 39.7 Å². The molecule has 2 fully saturated rings. The van der Waals surface area contributed by atoms with Gasteiger partial charge in [0.2, 0.25) is 5.91 Å². The van der Waals surface area contributed by atoms with E-state index in [1.54, 1.807) is 12.3 Å². The van der Waals surface area contributed by atoms with Crippen molar-refractivity contribution in [3.63, 3.8) is 0 Å². The molecule has 0 radical (unpaired) electrons. The second kappa shape index (κ2) is 6.78. The average molecular weight is 348 g/mol. The SMILES string of the molecule is CC(C)N(C)c1cnn(C2CCCN(C(=O)C3(C)COC3)C2)c(=O)c1. The highest BCUT2D eigenvalue weighted by atomic mass is 16.5. The maximum absolute atomic E-state index is 12.7. The summed E-state index contributed by atoms with van der Waals surface area (Å²) in [7, 11) is 1.95. The number of amides is 1. The van der Waals surface area contributed by atoms with Gasteiger partial charge in [-0.25, -0.2) is 4.68 Å². The Kier molecular flexibility index (Phi) is 4.86. The second-order valence-electron chi connectivity index (χ2n) is 7.80. The largest absolute Gasteiger partial charge is 0.379 e. The zero-order valence-electron chi connectivity index (χ0n) is 15.6. The highest BCUT2D eigenvalue weighted by Gasteiger charge is 2.44. The first-order valence-electron chi connectivity index (χ1n) is 9.01. The van der Waals surface area contributed by atoms with Gasteiger partial charge in [-0.1, -0.05) is 0 Å². The smallest absolute Gasteiger partial charge is 0.269 e. The minimum atomic E-state index is -0.399. The van der Waals surface area contributed by atoms with Gasteiger partial charge in [0.15, 0.2) is 0 Å². The Morgan fingerprint density at radius 3 is 2.72 bits per heavy atom. The summed E-state index contributed by atoms with van der Waals surface area (Å²) in [6.45, 7) is 8.35. The van der Waals surface area contributed by atoms with Gasteiger partial charge < -0.3 is 14.5 Å². The van der Waals surface area contributed by atoms with Gasteiger partial charge in [0, 0.05) is 32.2 Å². The zero-order valence-corrected chi connectivity index (χ0v) is 15.6. The Morgan fingerprint density at radius 2 is 2.16 bits per heavy atom.